The van der Waals surface area contributed by atoms with Gasteiger partial charge in [-0.25, -0.2) is 4.98 Å². The Balaban J connectivity index is 1.13. The maximum Gasteiger partial charge on any atom is 0.267 e. The first-order chi connectivity index (χ1) is 18.3. The van der Waals surface area contributed by atoms with Crippen molar-refractivity contribution in [2.45, 2.75) is 76.4 Å². The zero-order valence-electron chi connectivity index (χ0n) is 21.3. The van der Waals surface area contributed by atoms with Gasteiger partial charge in [0, 0.05) is 34.9 Å². The minimum Gasteiger partial charge on any atom is -0.491 e. The van der Waals surface area contributed by atoms with Crippen molar-refractivity contribution in [2.24, 2.45) is 11.1 Å². The number of nitrogens with zero attached hydrogens (tertiary/aromatic N) is 3. The third-order valence-corrected chi connectivity index (χ3v) is 9.12. The van der Waals surface area contributed by atoms with E-state index in [-0.39, 0.29) is 16.7 Å². The molecule has 4 saturated carbocycles. The van der Waals surface area contributed by atoms with Gasteiger partial charge >= 0.3 is 0 Å². The second-order valence-corrected chi connectivity index (χ2v) is 11.9. The fourth-order valence-corrected chi connectivity index (χ4v) is 6.51. The van der Waals surface area contributed by atoms with E-state index >= 15 is 0 Å². The van der Waals surface area contributed by atoms with Crippen molar-refractivity contribution in [2.75, 3.05) is 6.61 Å². The van der Waals surface area contributed by atoms with Gasteiger partial charge in [0.2, 0.25) is 0 Å². The van der Waals surface area contributed by atoms with Gasteiger partial charge in [-0.2, -0.15) is 0 Å². The highest BCUT2D eigenvalue weighted by atomic mass is 35.5. The quantitative estimate of drug-likeness (QED) is 0.323. The molecule has 38 heavy (non-hydrogen) atoms. The fourth-order valence-electron chi connectivity index (χ4n) is 5.97. The number of ether oxygens (including phenoxy) is 2. The Morgan fingerprint density at radius 3 is 2.39 bits per heavy atom. The first-order valence-electron chi connectivity index (χ1n) is 13.1. The van der Waals surface area contributed by atoms with Gasteiger partial charge in [0.25, 0.3) is 5.91 Å². The van der Waals surface area contributed by atoms with Crippen molar-refractivity contribution in [3.05, 3.63) is 57.3 Å². The predicted octanol–water partition coefficient (Wildman–Crippen LogP) is 6.41. The van der Waals surface area contributed by atoms with Crippen LogP contribution in [0.1, 0.15) is 84.7 Å². The summed E-state index contributed by atoms with van der Waals surface area (Å²) in [5.41, 5.74) is 8.59. The van der Waals surface area contributed by atoms with Crippen LogP contribution in [0.4, 0.5) is 0 Å². The summed E-state index contributed by atoms with van der Waals surface area (Å²) in [7, 11) is 0. The number of amides is 1. The molecule has 0 atom stereocenters. The zero-order chi connectivity index (χ0) is 26.5. The number of aryl methyl sites for hydroxylation is 1. The van der Waals surface area contributed by atoms with Gasteiger partial charge in [0.15, 0.2) is 0 Å². The molecule has 10 heteroatoms. The van der Waals surface area contributed by atoms with E-state index in [1.807, 2.05) is 13.0 Å². The molecular weight excluding hydrogens is 527 g/mol. The molecule has 200 valence electrons. The fraction of sp³-hybridized carbons (Fsp3) is 0.500. The number of carbonyl (C=O) groups is 1. The Morgan fingerprint density at radius 1 is 1.11 bits per heavy atom. The Kier molecular flexibility index (Phi) is 6.61. The maximum absolute atomic E-state index is 11.5. The summed E-state index contributed by atoms with van der Waals surface area (Å²) < 4.78 is 18.7. The van der Waals surface area contributed by atoms with E-state index in [4.69, 9.17) is 42.9 Å². The molecule has 2 bridgehead atoms. The molecule has 0 unspecified atom stereocenters. The lowest BCUT2D eigenvalue weighted by Gasteiger charge is -2.52. The molecule has 0 saturated heterocycles. The van der Waals surface area contributed by atoms with Crippen molar-refractivity contribution < 1.29 is 18.8 Å². The third kappa shape index (κ3) is 4.78. The Hall–Kier alpha value is -2.68. The summed E-state index contributed by atoms with van der Waals surface area (Å²) >= 11 is 12.9. The first-order valence-corrected chi connectivity index (χ1v) is 13.8. The molecule has 0 aliphatic heterocycles. The van der Waals surface area contributed by atoms with Crippen molar-refractivity contribution in [3.63, 3.8) is 0 Å². The molecular formula is C28H30Cl2N4O4. The number of halogens is 2. The van der Waals surface area contributed by atoms with Gasteiger partial charge in [0.1, 0.15) is 22.9 Å². The summed E-state index contributed by atoms with van der Waals surface area (Å²) in [6, 6.07) is 1.83. The predicted molar refractivity (Wildman–Crippen MR) is 142 cm³/mol. The molecule has 2 N–H and O–H groups in total. The van der Waals surface area contributed by atoms with Crippen molar-refractivity contribution >= 4 is 29.1 Å². The lowest BCUT2D eigenvalue weighted by atomic mass is 9.59. The largest absolute Gasteiger partial charge is 0.491 e. The lowest BCUT2D eigenvalue weighted by Crippen LogP contribution is -2.49. The van der Waals surface area contributed by atoms with Crippen molar-refractivity contribution in [1.29, 1.82) is 0 Å². The molecule has 3 aromatic rings. The summed E-state index contributed by atoms with van der Waals surface area (Å²) in [6.45, 7) is 2.86. The topological polar surface area (TPSA) is 113 Å². The molecule has 0 spiro atoms. The average Bonchev–Trinajstić information content (AvgIpc) is 3.67. The van der Waals surface area contributed by atoms with Crippen LogP contribution in [0.5, 0.6) is 5.75 Å². The van der Waals surface area contributed by atoms with E-state index in [1.165, 1.54) is 0 Å². The zero-order valence-corrected chi connectivity index (χ0v) is 22.8. The highest BCUT2D eigenvalue weighted by Crippen LogP contribution is 2.55. The van der Waals surface area contributed by atoms with E-state index in [0.717, 1.165) is 68.3 Å². The molecule has 1 amide bonds. The van der Waals surface area contributed by atoms with Crippen LogP contribution in [0.3, 0.4) is 0 Å². The molecule has 0 aromatic carbocycles. The van der Waals surface area contributed by atoms with Crippen molar-refractivity contribution in [1.82, 2.24) is 15.1 Å². The summed E-state index contributed by atoms with van der Waals surface area (Å²) in [6.07, 6.45) is 12.9. The molecule has 7 rings (SSSR count). The summed E-state index contributed by atoms with van der Waals surface area (Å²) in [5.74, 6) is 1.41. The normalized spacial score (nSPS) is 24.5. The molecule has 8 nitrogen and oxygen atoms in total. The highest BCUT2D eigenvalue weighted by molar-refractivity contribution is 6.38. The minimum absolute atomic E-state index is 0.126. The van der Waals surface area contributed by atoms with E-state index in [0.29, 0.717) is 46.2 Å². The summed E-state index contributed by atoms with van der Waals surface area (Å²) in [5, 5.41) is 5.27. The number of carbonyl (C=O) groups excluding carboxylic acids is 1. The van der Waals surface area contributed by atoms with Gasteiger partial charge in [-0.15, -0.1) is 0 Å². The average molecular weight is 557 g/mol. The summed E-state index contributed by atoms with van der Waals surface area (Å²) in [4.78, 5) is 19.7. The monoisotopic (exact) mass is 556 g/mol. The van der Waals surface area contributed by atoms with Gasteiger partial charge in [-0.3, -0.25) is 9.78 Å². The Bertz CT molecular complexity index is 1340. The smallest absolute Gasteiger partial charge is 0.267 e. The maximum atomic E-state index is 11.5. The number of nitrogens with two attached hydrogens (primary N) is 1. The van der Waals surface area contributed by atoms with Gasteiger partial charge in [0.05, 0.1) is 35.1 Å². The number of hydrogen-bond donors (Lipinski definition) is 1. The van der Waals surface area contributed by atoms with Gasteiger partial charge in [-0.1, -0.05) is 28.4 Å². The second-order valence-electron chi connectivity index (χ2n) is 11.1. The molecule has 3 heterocycles. The second kappa shape index (κ2) is 9.81. The van der Waals surface area contributed by atoms with Crippen LogP contribution in [0.2, 0.25) is 10.0 Å². The Morgan fingerprint density at radius 2 is 1.79 bits per heavy atom. The van der Waals surface area contributed by atoms with Crippen LogP contribution >= 0.6 is 23.2 Å². The van der Waals surface area contributed by atoms with Crippen LogP contribution in [0, 0.1) is 12.3 Å². The number of primary amides is 1. The van der Waals surface area contributed by atoms with E-state index in [9.17, 15) is 4.79 Å². The number of aromatic nitrogens is 3. The molecule has 0 radical (unpaired) electrons. The van der Waals surface area contributed by atoms with Gasteiger partial charge in [-0.05, 0) is 69.9 Å². The number of rotatable bonds is 9. The van der Waals surface area contributed by atoms with Crippen LogP contribution < -0.4 is 10.5 Å². The van der Waals surface area contributed by atoms with Gasteiger partial charge < -0.3 is 19.7 Å². The standard InChI is InChI=1S/C28H30Cl2N4O4/c1-16-10-18(11-33-23(16)26(31)35)36-15-27-4-7-28(8-5-27,9-6-27)37-14-19-24(34-38-25(19)17-2-3-17)22-20(29)12-32-13-21(22)30/h10-13,17H,2-9,14-15H2,1H3,(H2,31,35). The van der Waals surface area contributed by atoms with E-state index < -0.39 is 5.91 Å². The van der Waals surface area contributed by atoms with Crippen LogP contribution in [0.15, 0.2) is 29.2 Å². The molecule has 3 aromatic heterocycles. The van der Waals surface area contributed by atoms with E-state index in [2.05, 4.69) is 15.1 Å². The number of fused-ring (bicyclic) bond motifs is 3. The van der Waals surface area contributed by atoms with Crippen molar-refractivity contribution in [3.8, 4) is 17.0 Å². The highest BCUT2D eigenvalue weighted by Gasteiger charge is 2.50. The Labute approximate surface area is 231 Å². The molecule has 4 aliphatic carbocycles. The SMILES string of the molecule is Cc1cc(OCC23CCC(OCc4c(-c5c(Cl)cncc5Cl)noc4C4CC4)(CC2)CC3)cnc1C(N)=O. The van der Waals surface area contributed by atoms with E-state index in [1.54, 1.807) is 18.6 Å². The minimum atomic E-state index is -0.530. The van der Waals surface area contributed by atoms with Crippen LogP contribution in [0.25, 0.3) is 11.3 Å². The third-order valence-electron chi connectivity index (χ3n) is 8.54. The molecule has 4 aliphatic rings. The van der Waals surface area contributed by atoms with Crippen LogP contribution in [-0.4, -0.2) is 33.2 Å². The number of hydrogen-bond acceptors (Lipinski definition) is 7. The first kappa shape index (κ1) is 25.6. The lowest BCUT2D eigenvalue weighted by molar-refractivity contribution is -0.150. The molecule has 4 fully saturated rings. The van der Waals surface area contributed by atoms with Crippen LogP contribution in [-0.2, 0) is 11.3 Å². The number of pyridine rings is 2.